The van der Waals surface area contributed by atoms with Crippen LogP contribution in [-0.4, -0.2) is 25.2 Å². The summed E-state index contributed by atoms with van der Waals surface area (Å²) in [4.78, 5) is 11.7. The van der Waals surface area contributed by atoms with Gasteiger partial charge in [-0.2, -0.15) is 0 Å². The van der Waals surface area contributed by atoms with Gasteiger partial charge in [-0.25, -0.2) is 8.78 Å². The molecule has 0 saturated heterocycles. The molecular formula is C16H21F2NO2. The zero-order valence-electron chi connectivity index (χ0n) is 12.0. The molecule has 5 heteroatoms. The fourth-order valence-corrected chi connectivity index (χ4v) is 2.53. The third-order valence-electron chi connectivity index (χ3n) is 3.70. The molecule has 0 heterocycles. The average Bonchev–Trinajstić information content (AvgIpc) is 2.96. The minimum absolute atomic E-state index is 0.183. The summed E-state index contributed by atoms with van der Waals surface area (Å²) in [6.07, 6.45) is 5.51. The molecule has 1 N–H and O–H groups in total. The quantitative estimate of drug-likeness (QED) is 0.786. The van der Waals surface area contributed by atoms with Gasteiger partial charge in [-0.3, -0.25) is 4.79 Å². The normalized spacial score (nSPS) is 15.3. The SMILES string of the molecule is O=C(Cc1c(F)cccc1F)NCCCOC1CCCC1. The number of halogens is 2. The Kier molecular flexibility index (Phi) is 6.11. The highest BCUT2D eigenvalue weighted by molar-refractivity contribution is 5.78. The molecule has 0 aromatic heterocycles. The van der Waals surface area contributed by atoms with Gasteiger partial charge in [0.15, 0.2) is 0 Å². The van der Waals surface area contributed by atoms with Crippen molar-refractivity contribution in [3.8, 4) is 0 Å². The van der Waals surface area contributed by atoms with Gasteiger partial charge in [0.2, 0.25) is 5.91 Å². The van der Waals surface area contributed by atoms with Crippen LogP contribution in [0.5, 0.6) is 0 Å². The maximum Gasteiger partial charge on any atom is 0.224 e. The van der Waals surface area contributed by atoms with Crippen LogP contribution in [0, 0.1) is 11.6 Å². The largest absolute Gasteiger partial charge is 0.378 e. The van der Waals surface area contributed by atoms with E-state index in [1.54, 1.807) is 0 Å². The molecule has 0 bridgehead atoms. The molecule has 0 spiro atoms. The second-order valence-electron chi connectivity index (χ2n) is 5.36. The van der Waals surface area contributed by atoms with Crippen molar-refractivity contribution < 1.29 is 18.3 Å². The first-order valence-corrected chi connectivity index (χ1v) is 7.48. The molecule has 21 heavy (non-hydrogen) atoms. The smallest absolute Gasteiger partial charge is 0.224 e. The summed E-state index contributed by atoms with van der Waals surface area (Å²) in [6.45, 7) is 1.07. The van der Waals surface area contributed by atoms with Gasteiger partial charge in [-0.15, -0.1) is 0 Å². The number of ether oxygens (including phenoxy) is 1. The summed E-state index contributed by atoms with van der Waals surface area (Å²) in [6, 6.07) is 3.59. The predicted octanol–water partition coefficient (Wildman–Crippen LogP) is 2.97. The summed E-state index contributed by atoms with van der Waals surface area (Å²) in [7, 11) is 0. The van der Waals surface area contributed by atoms with E-state index in [0.717, 1.165) is 25.0 Å². The fraction of sp³-hybridized carbons (Fsp3) is 0.562. The summed E-state index contributed by atoms with van der Waals surface area (Å²) in [5.41, 5.74) is -0.183. The maximum absolute atomic E-state index is 13.4. The van der Waals surface area contributed by atoms with Crippen LogP contribution in [0.4, 0.5) is 8.78 Å². The number of carbonyl (C=O) groups is 1. The van der Waals surface area contributed by atoms with Crippen molar-refractivity contribution in [3.63, 3.8) is 0 Å². The van der Waals surface area contributed by atoms with Gasteiger partial charge >= 0.3 is 0 Å². The molecule has 1 aliphatic carbocycles. The van der Waals surface area contributed by atoms with Crippen LogP contribution in [0.2, 0.25) is 0 Å². The summed E-state index contributed by atoms with van der Waals surface area (Å²) < 4.78 is 32.4. The number of amides is 1. The summed E-state index contributed by atoms with van der Waals surface area (Å²) in [5, 5.41) is 2.66. The number of hydrogen-bond acceptors (Lipinski definition) is 2. The number of hydrogen-bond donors (Lipinski definition) is 1. The van der Waals surface area contributed by atoms with Gasteiger partial charge in [-0.05, 0) is 31.4 Å². The minimum atomic E-state index is -0.685. The van der Waals surface area contributed by atoms with Crippen molar-refractivity contribution in [2.24, 2.45) is 0 Å². The molecule has 0 aliphatic heterocycles. The van der Waals surface area contributed by atoms with Gasteiger partial charge < -0.3 is 10.1 Å². The van der Waals surface area contributed by atoms with E-state index >= 15 is 0 Å². The lowest BCUT2D eigenvalue weighted by molar-refractivity contribution is -0.120. The lowest BCUT2D eigenvalue weighted by Gasteiger charge is -2.11. The van der Waals surface area contributed by atoms with Crippen LogP contribution in [0.1, 0.15) is 37.7 Å². The zero-order chi connectivity index (χ0) is 15.1. The highest BCUT2D eigenvalue weighted by Gasteiger charge is 2.15. The van der Waals surface area contributed by atoms with E-state index in [1.165, 1.54) is 18.9 Å². The van der Waals surface area contributed by atoms with Gasteiger partial charge in [0, 0.05) is 18.7 Å². The van der Waals surface area contributed by atoms with Crippen molar-refractivity contribution in [1.29, 1.82) is 0 Å². The standard InChI is InChI=1S/C16H21F2NO2/c17-14-7-3-8-15(18)13(14)11-16(20)19-9-4-10-21-12-5-1-2-6-12/h3,7-8,12H,1-2,4-6,9-11H2,(H,19,20). The van der Waals surface area contributed by atoms with Crippen LogP contribution in [0.15, 0.2) is 18.2 Å². The lowest BCUT2D eigenvalue weighted by Crippen LogP contribution is -2.27. The van der Waals surface area contributed by atoms with Crippen LogP contribution in [0.25, 0.3) is 0 Å². The van der Waals surface area contributed by atoms with Gasteiger partial charge in [0.25, 0.3) is 0 Å². The molecular weight excluding hydrogens is 276 g/mol. The summed E-state index contributed by atoms with van der Waals surface area (Å²) >= 11 is 0. The first-order valence-electron chi connectivity index (χ1n) is 7.48. The van der Waals surface area contributed by atoms with E-state index in [1.807, 2.05) is 0 Å². The van der Waals surface area contributed by atoms with Crippen LogP contribution < -0.4 is 5.32 Å². The number of nitrogens with one attached hydrogen (secondary N) is 1. The topological polar surface area (TPSA) is 38.3 Å². The molecule has 3 nitrogen and oxygen atoms in total. The van der Waals surface area contributed by atoms with E-state index in [4.69, 9.17) is 4.74 Å². The predicted molar refractivity (Wildman–Crippen MR) is 75.9 cm³/mol. The van der Waals surface area contributed by atoms with E-state index in [-0.39, 0.29) is 17.9 Å². The van der Waals surface area contributed by atoms with Crippen LogP contribution in [-0.2, 0) is 16.0 Å². The Bertz CT molecular complexity index is 453. The van der Waals surface area contributed by atoms with Crippen LogP contribution >= 0.6 is 0 Å². The molecule has 1 aromatic rings. The van der Waals surface area contributed by atoms with Crippen molar-refractivity contribution in [1.82, 2.24) is 5.32 Å². The van der Waals surface area contributed by atoms with E-state index in [2.05, 4.69) is 5.32 Å². The average molecular weight is 297 g/mol. The highest BCUT2D eigenvalue weighted by Crippen LogP contribution is 2.20. The van der Waals surface area contributed by atoms with Crippen LogP contribution in [0.3, 0.4) is 0 Å². The van der Waals surface area contributed by atoms with Gasteiger partial charge in [0.05, 0.1) is 12.5 Å². The molecule has 1 saturated carbocycles. The molecule has 116 valence electrons. The summed E-state index contributed by atoms with van der Waals surface area (Å²) in [5.74, 6) is -1.75. The Morgan fingerprint density at radius 1 is 1.24 bits per heavy atom. The number of carbonyl (C=O) groups excluding carboxylic acids is 1. The highest BCUT2D eigenvalue weighted by atomic mass is 19.1. The van der Waals surface area contributed by atoms with Crippen molar-refractivity contribution in [2.75, 3.05) is 13.2 Å². The van der Waals surface area contributed by atoms with E-state index in [9.17, 15) is 13.6 Å². The molecule has 1 amide bonds. The number of benzene rings is 1. The Hall–Kier alpha value is -1.49. The third-order valence-corrected chi connectivity index (χ3v) is 3.70. The van der Waals surface area contributed by atoms with Crippen molar-refractivity contribution in [2.45, 2.75) is 44.6 Å². The molecule has 1 aliphatic rings. The van der Waals surface area contributed by atoms with Crippen molar-refractivity contribution >= 4 is 5.91 Å². The first kappa shape index (κ1) is 15.9. The Morgan fingerprint density at radius 2 is 1.90 bits per heavy atom. The third kappa shape index (κ3) is 5.08. The minimum Gasteiger partial charge on any atom is -0.378 e. The first-order chi connectivity index (χ1) is 10.2. The molecule has 0 atom stereocenters. The molecule has 0 unspecified atom stereocenters. The Morgan fingerprint density at radius 3 is 2.57 bits per heavy atom. The second-order valence-corrected chi connectivity index (χ2v) is 5.36. The Balaban J connectivity index is 1.63. The van der Waals surface area contributed by atoms with Gasteiger partial charge in [0.1, 0.15) is 11.6 Å². The van der Waals surface area contributed by atoms with E-state index < -0.39 is 11.6 Å². The molecule has 2 rings (SSSR count). The molecule has 1 fully saturated rings. The van der Waals surface area contributed by atoms with E-state index in [0.29, 0.717) is 25.7 Å². The monoisotopic (exact) mass is 297 g/mol. The lowest BCUT2D eigenvalue weighted by atomic mass is 10.1. The van der Waals surface area contributed by atoms with Gasteiger partial charge in [-0.1, -0.05) is 18.9 Å². The maximum atomic E-state index is 13.4. The zero-order valence-corrected chi connectivity index (χ0v) is 12.0. The molecule has 1 aromatic carbocycles. The number of rotatable bonds is 7. The molecule has 0 radical (unpaired) electrons. The fourth-order valence-electron chi connectivity index (χ4n) is 2.53. The Labute approximate surface area is 123 Å². The second kappa shape index (κ2) is 8.08. The van der Waals surface area contributed by atoms with Crippen molar-refractivity contribution in [3.05, 3.63) is 35.4 Å².